The highest BCUT2D eigenvalue weighted by Crippen LogP contribution is 2.39. The van der Waals surface area contributed by atoms with Crippen molar-refractivity contribution in [2.45, 2.75) is 26.3 Å². The zero-order valence-corrected chi connectivity index (χ0v) is 22.0. The van der Waals surface area contributed by atoms with Crippen molar-refractivity contribution in [1.82, 2.24) is 14.5 Å². The second-order valence-electron chi connectivity index (χ2n) is 10.3. The summed E-state index contributed by atoms with van der Waals surface area (Å²) in [6.45, 7) is 6.17. The number of phenols is 1. The first kappa shape index (κ1) is 24.5. The van der Waals surface area contributed by atoms with Crippen LogP contribution in [-0.2, 0) is 6.54 Å². The topological polar surface area (TPSA) is 76.3 Å². The maximum absolute atomic E-state index is 13.8. The van der Waals surface area contributed by atoms with Crippen LogP contribution in [0.2, 0.25) is 5.02 Å². The van der Waals surface area contributed by atoms with E-state index in [9.17, 15) is 14.7 Å². The molecule has 0 aliphatic carbocycles. The Morgan fingerprint density at radius 2 is 1.66 bits per heavy atom. The molecular formula is C31H28ClN3O3. The van der Waals surface area contributed by atoms with Crippen LogP contribution < -0.4 is 16.4 Å². The lowest BCUT2D eigenvalue weighted by atomic mass is 9.96. The minimum atomic E-state index is -0.591. The van der Waals surface area contributed by atoms with Gasteiger partial charge in [-0.3, -0.25) is 14.2 Å². The van der Waals surface area contributed by atoms with Crippen LogP contribution in [0.3, 0.4) is 0 Å². The van der Waals surface area contributed by atoms with Gasteiger partial charge in [-0.1, -0.05) is 67.9 Å². The Kier molecular flexibility index (Phi) is 6.09. The van der Waals surface area contributed by atoms with Crippen molar-refractivity contribution < 1.29 is 5.11 Å². The Bertz CT molecular complexity index is 1830. The van der Waals surface area contributed by atoms with Crippen molar-refractivity contribution in [3.63, 3.8) is 0 Å². The van der Waals surface area contributed by atoms with E-state index < -0.39 is 11.1 Å². The number of nitrogens with one attached hydrogen (secondary N) is 1. The Hall–Kier alpha value is -3.87. The van der Waals surface area contributed by atoms with Crippen LogP contribution in [0, 0.1) is 5.92 Å². The Balaban J connectivity index is 1.73. The van der Waals surface area contributed by atoms with Crippen LogP contribution in [0.25, 0.3) is 38.6 Å². The third-order valence-corrected chi connectivity index (χ3v) is 7.78. The van der Waals surface area contributed by atoms with Crippen molar-refractivity contribution in [3.8, 4) is 22.6 Å². The summed E-state index contributed by atoms with van der Waals surface area (Å²) in [6.07, 6.45) is 0. The summed E-state index contributed by atoms with van der Waals surface area (Å²) < 4.78 is 3.11. The maximum atomic E-state index is 13.8. The Morgan fingerprint density at radius 1 is 0.921 bits per heavy atom. The Labute approximate surface area is 224 Å². The van der Waals surface area contributed by atoms with E-state index in [2.05, 4.69) is 19.2 Å². The summed E-state index contributed by atoms with van der Waals surface area (Å²) in [5.74, 6) is 0.529. The van der Waals surface area contributed by atoms with Crippen LogP contribution in [0.5, 0.6) is 5.75 Å². The summed E-state index contributed by atoms with van der Waals surface area (Å²) >= 11 is 6.92. The lowest BCUT2D eigenvalue weighted by Gasteiger charge is -2.28. The molecule has 38 heavy (non-hydrogen) atoms. The smallest absolute Gasteiger partial charge is 0.321 e. The van der Waals surface area contributed by atoms with Gasteiger partial charge in [0.25, 0.3) is 0 Å². The number of halogens is 1. The molecule has 6 rings (SSSR count). The largest absolute Gasteiger partial charge is 0.508 e. The normalized spacial score (nSPS) is 13.9. The quantitative estimate of drug-likeness (QED) is 0.290. The van der Waals surface area contributed by atoms with E-state index in [1.165, 1.54) is 4.57 Å². The van der Waals surface area contributed by atoms with E-state index in [0.29, 0.717) is 33.9 Å². The molecule has 0 radical (unpaired) electrons. The van der Waals surface area contributed by atoms with Crippen molar-refractivity contribution in [2.75, 3.05) is 13.1 Å². The van der Waals surface area contributed by atoms with E-state index in [0.717, 1.165) is 35.0 Å². The monoisotopic (exact) mass is 525 g/mol. The zero-order chi connectivity index (χ0) is 26.6. The van der Waals surface area contributed by atoms with E-state index in [1.54, 1.807) is 22.8 Å². The minimum absolute atomic E-state index is 0.125. The van der Waals surface area contributed by atoms with Gasteiger partial charge < -0.3 is 15.0 Å². The second kappa shape index (κ2) is 9.46. The second-order valence-corrected chi connectivity index (χ2v) is 10.7. The number of hydrogen-bond acceptors (Lipinski definition) is 4. The summed E-state index contributed by atoms with van der Waals surface area (Å²) in [4.78, 5) is 27.4. The van der Waals surface area contributed by atoms with Gasteiger partial charge in [-0.15, -0.1) is 0 Å². The van der Waals surface area contributed by atoms with Crippen molar-refractivity contribution in [3.05, 3.63) is 104 Å². The molecule has 6 nitrogen and oxygen atoms in total. The van der Waals surface area contributed by atoms with Crippen molar-refractivity contribution in [2.24, 2.45) is 5.92 Å². The minimum Gasteiger partial charge on any atom is -0.508 e. The predicted octanol–water partition coefficient (Wildman–Crippen LogP) is 5.67. The average Bonchev–Trinajstić information content (AvgIpc) is 2.88. The molecule has 4 aromatic carbocycles. The highest BCUT2D eigenvalue weighted by atomic mass is 35.5. The maximum Gasteiger partial charge on any atom is 0.321 e. The highest BCUT2D eigenvalue weighted by Gasteiger charge is 2.24. The van der Waals surface area contributed by atoms with Gasteiger partial charge in [0.1, 0.15) is 5.75 Å². The zero-order valence-electron chi connectivity index (χ0n) is 21.2. The van der Waals surface area contributed by atoms with Gasteiger partial charge in [0.2, 0.25) is 0 Å². The SMILES string of the molecule is CC(C)c1ccccc1-n1c(=O)c(=O)n(CC2CNC2)c2cc(Cl)c(-c3cc(O)cc4ccccc34)cc21. The number of benzene rings is 4. The van der Waals surface area contributed by atoms with E-state index in [1.807, 2.05) is 54.6 Å². The molecule has 1 aromatic heterocycles. The molecule has 5 aromatic rings. The average molecular weight is 526 g/mol. The molecule has 1 aliphatic rings. The van der Waals surface area contributed by atoms with Crippen LogP contribution >= 0.6 is 11.6 Å². The molecule has 7 heteroatoms. The standard InChI is InChI=1S/C31H28ClN3O3/c1-18(2)22-8-5-6-10-27(22)35-29-13-25(24-12-21(36)11-20-7-3-4-9-23(20)24)26(32)14-28(29)34(30(37)31(35)38)17-19-15-33-16-19/h3-14,18-19,33,36H,15-17H2,1-2H3. The lowest BCUT2D eigenvalue weighted by Crippen LogP contribution is -2.48. The van der Waals surface area contributed by atoms with Gasteiger partial charge in [0, 0.05) is 31.1 Å². The molecule has 1 fully saturated rings. The van der Waals surface area contributed by atoms with Gasteiger partial charge >= 0.3 is 11.1 Å². The molecule has 0 amide bonds. The number of aromatic nitrogens is 2. The number of fused-ring (bicyclic) bond motifs is 2. The summed E-state index contributed by atoms with van der Waals surface area (Å²) in [6, 6.07) is 22.5. The van der Waals surface area contributed by atoms with Crippen LogP contribution in [0.1, 0.15) is 25.3 Å². The first-order valence-electron chi connectivity index (χ1n) is 12.8. The molecule has 0 unspecified atom stereocenters. The number of phenolic OH excluding ortho intramolecular Hbond substituents is 1. The number of aromatic hydroxyl groups is 1. The molecule has 1 aliphatic heterocycles. The Morgan fingerprint density at radius 3 is 2.39 bits per heavy atom. The van der Waals surface area contributed by atoms with Crippen LogP contribution in [0.15, 0.2) is 82.4 Å². The van der Waals surface area contributed by atoms with Gasteiger partial charge in [-0.2, -0.15) is 0 Å². The summed E-state index contributed by atoms with van der Waals surface area (Å²) in [5.41, 5.74) is 3.14. The predicted molar refractivity (Wildman–Crippen MR) is 154 cm³/mol. The molecule has 2 heterocycles. The van der Waals surface area contributed by atoms with E-state index >= 15 is 0 Å². The third-order valence-electron chi connectivity index (χ3n) is 7.47. The van der Waals surface area contributed by atoms with Gasteiger partial charge in [0.15, 0.2) is 0 Å². The van der Waals surface area contributed by atoms with Crippen LogP contribution in [0.4, 0.5) is 0 Å². The van der Waals surface area contributed by atoms with Gasteiger partial charge in [-0.25, -0.2) is 0 Å². The third kappa shape index (κ3) is 4.01. The number of hydrogen-bond donors (Lipinski definition) is 2. The van der Waals surface area contributed by atoms with Crippen molar-refractivity contribution >= 4 is 33.4 Å². The molecular weight excluding hydrogens is 498 g/mol. The molecule has 0 atom stereocenters. The van der Waals surface area contributed by atoms with Crippen LogP contribution in [-0.4, -0.2) is 27.3 Å². The molecule has 1 saturated heterocycles. The first-order valence-corrected chi connectivity index (χ1v) is 13.2. The molecule has 2 N–H and O–H groups in total. The fraction of sp³-hybridized carbons (Fsp3) is 0.226. The lowest BCUT2D eigenvalue weighted by molar-refractivity contribution is 0.306. The summed E-state index contributed by atoms with van der Waals surface area (Å²) in [5, 5.41) is 16.0. The molecule has 0 spiro atoms. The molecule has 192 valence electrons. The van der Waals surface area contributed by atoms with E-state index in [4.69, 9.17) is 11.6 Å². The van der Waals surface area contributed by atoms with Gasteiger partial charge in [-0.05, 0) is 58.1 Å². The number of nitrogens with zero attached hydrogens (tertiary/aromatic N) is 2. The molecule has 0 bridgehead atoms. The first-order chi connectivity index (χ1) is 18.3. The number of para-hydroxylation sites is 1. The molecule has 0 saturated carbocycles. The highest BCUT2D eigenvalue weighted by molar-refractivity contribution is 6.34. The van der Waals surface area contributed by atoms with E-state index in [-0.39, 0.29) is 17.6 Å². The summed E-state index contributed by atoms with van der Waals surface area (Å²) in [7, 11) is 0. The fourth-order valence-electron chi connectivity index (χ4n) is 5.44. The fourth-order valence-corrected chi connectivity index (χ4v) is 5.70. The van der Waals surface area contributed by atoms with Gasteiger partial charge in [0.05, 0.1) is 21.7 Å². The number of rotatable bonds is 5. The van der Waals surface area contributed by atoms with Crippen molar-refractivity contribution in [1.29, 1.82) is 0 Å².